The topological polar surface area (TPSA) is 101 Å². The molecule has 0 saturated carbocycles. The van der Waals surface area contributed by atoms with E-state index in [1.54, 1.807) is 24.3 Å². The number of nitrogens with zero attached hydrogens (tertiary/aromatic N) is 1. The number of nitrogens with one attached hydrogen (secondary N) is 1. The number of piperidine rings is 1. The third-order valence-electron chi connectivity index (χ3n) is 4.54. The van der Waals surface area contributed by atoms with Crippen molar-refractivity contribution in [3.8, 4) is 0 Å². The third-order valence-corrected chi connectivity index (χ3v) is 4.54. The second-order valence-electron chi connectivity index (χ2n) is 6.26. The summed E-state index contributed by atoms with van der Waals surface area (Å²) in [6.45, 7) is 1.47. The highest BCUT2D eigenvalue weighted by atomic mass is 16.2. The molecule has 0 radical (unpaired) electrons. The normalized spacial score (nSPS) is 15.0. The molecule has 6 heteroatoms. The molecular weight excluding hydrogens is 316 g/mol. The molecule has 0 atom stereocenters. The maximum Gasteiger partial charge on any atom is 0.255 e. The van der Waals surface area contributed by atoms with Gasteiger partial charge in [-0.3, -0.25) is 9.59 Å². The first-order valence-electron chi connectivity index (χ1n) is 8.35. The first-order valence-corrected chi connectivity index (χ1v) is 8.35. The van der Waals surface area contributed by atoms with Crippen molar-refractivity contribution in [2.24, 2.45) is 11.7 Å². The van der Waals surface area contributed by atoms with E-state index in [4.69, 9.17) is 11.5 Å². The Morgan fingerprint density at radius 2 is 1.76 bits per heavy atom. The van der Waals surface area contributed by atoms with Crippen LogP contribution in [0.25, 0.3) is 0 Å². The zero-order chi connectivity index (χ0) is 17.8. The molecule has 1 aliphatic rings. The number of hydrogen-bond acceptors (Lipinski definition) is 4. The number of benzene rings is 2. The molecule has 0 unspecified atom stereocenters. The van der Waals surface area contributed by atoms with Gasteiger partial charge in [0.25, 0.3) is 5.91 Å². The first-order chi connectivity index (χ1) is 12.0. The van der Waals surface area contributed by atoms with Crippen molar-refractivity contribution in [2.45, 2.75) is 12.8 Å². The molecule has 3 rings (SSSR count). The summed E-state index contributed by atoms with van der Waals surface area (Å²) in [5.74, 6) is -0.500. The van der Waals surface area contributed by atoms with Gasteiger partial charge in [-0.2, -0.15) is 0 Å². The lowest BCUT2D eigenvalue weighted by molar-refractivity contribution is -0.122. The number of primary amides is 1. The zero-order valence-electron chi connectivity index (χ0n) is 13.9. The maximum atomic E-state index is 12.5. The predicted octanol–water partition coefficient (Wildman–Crippen LogP) is 2.22. The van der Waals surface area contributed by atoms with E-state index in [0.717, 1.165) is 37.3 Å². The van der Waals surface area contributed by atoms with Gasteiger partial charge in [0, 0.05) is 30.3 Å². The summed E-state index contributed by atoms with van der Waals surface area (Å²) in [6.07, 6.45) is 1.46. The van der Waals surface area contributed by atoms with E-state index in [1.807, 2.05) is 24.3 Å². The molecule has 1 fully saturated rings. The van der Waals surface area contributed by atoms with Gasteiger partial charge >= 0.3 is 0 Å². The highest BCUT2D eigenvalue weighted by Crippen LogP contribution is 2.30. The van der Waals surface area contributed by atoms with Crippen molar-refractivity contribution in [2.75, 3.05) is 29.0 Å². The van der Waals surface area contributed by atoms with E-state index >= 15 is 0 Å². The lowest BCUT2D eigenvalue weighted by atomic mass is 9.96. The van der Waals surface area contributed by atoms with Crippen LogP contribution in [0.3, 0.4) is 0 Å². The smallest absolute Gasteiger partial charge is 0.255 e. The van der Waals surface area contributed by atoms with Crippen molar-refractivity contribution in [1.29, 1.82) is 0 Å². The summed E-state index contributed by atoms with van der Waals surface area (Å²) >= 11 is 0. The van der Waals surface area contributed by atoms with E-state index in [2.05, 4.69) is 10.2 Å². The average molecular weight is 338 g/mol. The van der Waals surface area contributed by atoms with E-state index in [1.165, 1.54) is 0 Å². The van der Waals surface area contributed by atoms with Crippen molar-refractivity contribution in [1.82, 2.24) is 0 Å². The van der Waals surface area contributed by atoms with E-state index in [-0.39, 0.29) is 17.7 Å². The largest absolute Gasteiger partial charge is 0.399 e. The van der Waals surface area contributed by atoms with Crippen LogP contribution in [-0.4, -0.2) is 24.9 Å². The number of nitrogens with two attached hydrogens (primary N) is 2. The zero-order valence-corrected chi connectivity index (χ0v) is 13.9. The van der Waals surface area contributed by atoms with E-state index in [9.17, 15) is 9.59 Å². The van der Waals surface area contributed by atoms with Gasteiger partial charge in [0.2, 0.25) is 5.91 Å². The molecular formula is C19H22N4O2. The monoisotopic (exact) mass is 338 g/mol. The molecule has 0 spiro atoms. The maximum absolute atomic E-state index is 12.5. The minimum atomic E-state index is -0.233. The Labute approximate surface area is 146 Å². The van der Waals surface area contributed by atoms with E-state index < -0.39 is 0 Å². The van der Waals surface area contributed by atoms with Crippen LogP contribution < -0.4 is 21.7 Å². The Balaban J connectivity index is 1.75. The fourth-order valence-corrected chi connectivity index (χ4v) is 3.13. The predicted molar refractivity (Wildman–Crippen MR) is 99.4 cm³/mol. The number of carbonyl (C=O) groups is 2. The summed E-state index contributed by atoms with van der Waals surface area (Å²) in [7, 11) is 0. The lowest BCUT2D eigenvalue weighted by Crippen LogP contribution is -2.38. The van der Waals surface area contributed by atoms with Crippen LogP contribution in [0.2, 0.25) is 0 Å². The highest BCUT2D eigenvalue weighted by Gasteiger charge is 2.24. The molecule has 1 aliphatic heterocycles. The second kappa shape index (κ2) is 7.25. The van der Waals surface area contributed by atoms with Crippen molar-refractivity contribution < 1.29 is 9.59 Å². The van der Waals surface area contributed by atoms with Gasteiger partial charge in [-0.05, 0) is 43.2 Å². The molecule has 0 aromatic heterocycles. The molecule has 1 saturated heterocycles. The summed E-state index contributed by atoms with van der Waals surface area (Å²) in [5, 5.41) is 2.96. The Hall–Kier alpha value is -3.02. The lowest BCUT2D eigenvalue weighted by Gasteiger charge is -2.33. The van der Waals surface area contributed by atoms with Crippen LogP contribution in [0, 0.1) is 5.92 Å². The number of carbonyl (C=O) groups excluding carboxylic acids is 2. The van der Waals surface area contributed by atoms with Crippen molar-refractivity contribution in [3.05, 3.63) is 54.1 Å². The van der Waals surface area contributed by atoms with Gasteiger partial charge in [0.1, 0.15) is 0 Å². The summed E-state index contributed by atoms with van der Waals surface area (Å²) in [4.78, 5) is 26.0. The van der Waals surface area contributed by atoms with Gasteiger partial charge in [-0.15, -0.1) is 0 Å². The molecule has 2 aromatic rings. The molecule has 0 aliphatic carbocycles. The van der Waals surface area contributed by atoms with Crippen LogP contribution in [0.5, 0.6) is 0 Å². The Morgan fingerprint density at radius 1 is 1.04 bits per heavy atom. The quantitative estimate of drug-likeness (QED) is 0.744. The Morgan fingerprint density at radius 3 is 2.44 bits per heavy atom. The minimum absolute atomic E-state index is 0.0645. The Kier molecular flexibility index (Phi) is 4.88. The van der Waals surface area contributed by atoms with Crippen molar-refractivity contribution in [3.63, 3.8) is 0 Å². The second-order valence-corrected chi connectivity index (χ2v) is 6.26. The van der Waals surface area contributed by atoms with Crippen LogP contribution in [-0.2, 0) is 4.79 Å². The molecule has 6 nitrogen and oxygen atoms in total. The van der Waals surface area contributed by atoms with Crippen LogP contribution in [0.1, 0.15) is 23.2 Å². The van der Waals surface area contributed by atoms with Gasteiger partial charge in [-0.25, -0.2) is 0 Å². The van der Waals surface area contributed by atoms with Gasteiger partial charge in [-0.1, -0.05) is 18.2 Å². The van der Waals surface area contributed by atoms with Gasteiger partial charge in [0.15, 0.2) is 0 Å². The van der Waals surface area contributed by atoms with E-state index in [0.29, 0.717) is 11.3 Å². The number of hydrogen-bond donors (Lipinski definition) is 3. The SMILES string of the molecule is NC(=O)C1CCN(c2ccccc2NC(=O)c2cccc(N)c2)CC1. The number of nitrogen functional groups attached to an aromatic ring is 1. The molecule has 2 aromatic carbocycles. The van der Waals surface area contributed by atoms with Gasteiger partial charge < -0.3 is 21.7 Å². The number of anilines is 3. The summed E-state index contributed by atoms with van der Waals surface area (Å²) in [5.41, 5.74) is 13.9. The molecule has 25 heavy (non-hydrogen) atoms. The number of para-hydroxylation sites is 2. The number of rotatable bonds is 4. The third kappa shape index (κ3) is 3.91. The standard InChI is InChI=1S/C19H22N4O2/c20-15-5-3-4-14(12-15)19(25)22-16-6-1-2-7-17(16)23-10-8-13(9-11-23)18(21)24/h1-7,12-13H,8-11,20H2,(H2,21,24)(H,22,25). The van der Waals surface area contributed by atoms with Crippen LogP contribution in [0.15, 0.2) is 48.5 Å². The molecule has 2 amide bonds. The Bertz CT molecular complexity index is 782. The molecule has 5 N–H and O–H groups in total. The summed E-state index contributed by atoms with van der Waals surface area (Å²) in [6, 6.07) is 14.5. The fourth-order valence-electron chi connectivity index (χ4n) is 3.13. The summed E-state index contributed by atoms with van der Waals surface area (Å²) < 4.78 is 0. The molecule has 130 valence electrons. The van der Waals surface area contributed by atoms with Crippen LogP contribution in [0.4, 0.5) is 17.1 Å². The van der Waals surface area contributed by atoms with Crippen molar-refractivity contribution >= 4 is 28.9 Å². The van der Waals surface area contributed by atoms with Crippen LogP contribution >= 0.6 is 0 Å². The fraction of sp³-hybridized carbons (Fsp3) is 0.263. The minimum Gasteiger partial charge on any atom is -0.399 e. The average Bonchev–Trinajstić information content (AvgIpc) is 2.62. The number of amides is 2. The first kappa shape index (κ1) is 16.8. The molecule has 1 heterocycles. The highest BCUT2D eigenvalue weighted by molar-refractivity contribution is 6.06. The van der Waals surface area contributed by atoms with Gasteiger partial charge in [0.05, 0.1) is 11.4 Å². The molecule has 0 bridgehead atoms.